The van der Waals surface area contributed by atoms with Gasteiger partial charge in [0.15, 0.2) is 0 Å². The van der Waals surface area contributed by atoms with Crippen molar-refractivity contribution < 1.29 is 52.4 Å². The van der Waals surface area contributed by atoms with Gasteiger partial charge >= 0.3 is 0 Å². The maximum atomic E-state index is 13.1. The Labute approximate surface area is 837 Å². The fourth-order valence-corrected chi connectivity index (χ4v) is 15.1. The summed E-state index contributed by atoms with van der Waals surface area (Å²) in [7, 11) is 1.58. The number of fused-ring (bicyclic) bond motifs is 4. The van der Waals surface area contributed by atoms with Crippen LogP contribution in [0.1, 0.15) is 82.9 Å². The number of nitro benzene ring substituents is 1. The zero-order valence-electron chi connectivity index (χ0n) is 74.6. The second-order valence-corrected chi connectivity index (χ2v) is 34.0. The topological polar surface area (TPSA) is 400 Å². The van der Waals surface area contributed by atoms with Crippen molar-refractivity contribution >= 4 is 201 Å². The summed E-state index contributed by atoms with van der Waals surface area (Å²) >= 11 is 29.5. The number of carbonyl (C=O) groups excluding carboxylic acids is 8. The van der Waals surface area contributed by atoms with Crippen LogP contribution < -0.4 is 47.3 Å². The zero-order chi connectivity index (χ0) is 99.7. The number of carbonyl (C=O) groups is 8. The molecule has 704 valence electrons. The number of methoxy groups -OCH3 is 1. The molecule has 20 rings (SSSR count). The quantitative estimate of drug-likeness (QED) is 0.0222. The molecule has 0 aliphatic carbocycles. The number of imidazole rings is 4. The highest BCUT2D eigenvalue weighted by molar-refractivity contribution is 6.32. The summed E-state index contributed by atoms with van der Waals surface area (Å²) < 4.78 is 18.2. The highest BCUT2D eigenvalue weighted by Gasteiger charge is 2.21. The van der Waals surface area contributed by atoms with Gasteiger partial charge in [-0.2, -0.15) is 0 Å². The molecule has 0 unspecified atom stereocenters. The monoisotopic (exact) mass is 1990 g/mol. The first-order chi connectivity index (χ1) is 69.2. The fraction of sp³-hybridized carbons (Fsp3) is 0.00917. The molecule has 8 amide bonds. The molecule has 12 N–H and O–H groups in total. The molecule has 28 nitrogen and oxygen atoms in total. The van der Waals surface area contributed by atoms with Gasteiger partial charge in [0, 0.05) is 150 Å². The average Bonchev–Trinajstić information content (AvgIpc) is 1.67. The zero-order valence-corrected chi connectivity index (χ0v) is 78.4. The van der Waals surface area contributed by atoms with Crippen molar-refractivity contribution in [2.45, 2.75) is 0 Å². The Kier molecular flexibility index (Phi) is 29.7. The summed E-state index contributed by atoms with van der Waals surface area (Å²) in [6.45, 7) is 0. The Morgan fingerprint density at radius 1 is 0.259 bits per heavy atom. The number of anilines is 8. The molecule has 0 fully saturated rings. The van der Waals surface area contributed by atoms with E-state index in [1.165, 1.54) is 48.5 Å². The number of aromatic amines is 4. The van der Waals surface area contributed by atoms with E-state index in [-0.39, 0.29) is 52.9 Å². The van der Waals surface area contributed by atoms with Gasteiger partial charge in [-0.15, -0.1) is 0 Å². The highest BCUT2D eigenvalue weighted by atomic mass is 35.5. The second kappa shape index (κ2) is 44.0. The van der Waals surface area contributed by atoms with Crippen LogP contribution in [0.25, 0.3) is 89.7 Å². The number of nitrogens with zero attached hydrogens (tertiary/aromatic N) is 5. The molecule has 0 bridgehead atoms. The minimum atomic E-state index is -0.518. The van der Waals surface area contributed by atoms with Gasteiger partial charge in [-0.05, 0) is 352 Å². The number of amides is 8. The van der Waals surface area contributed by atoms with Crippen molar-refractivity contribution in [3.63, 3.8) is 0 Å². The number of hydrogen-bond donors (Lipinski definition) is 12. The molecular formula is C109H75Cl5FN17O11. The molecule has 0 atom stereocenters. The molecule has 34 heteroatoms. The number of ether oxygens (including phenoxy) is 1. The maximum Gasteiger partial charge on any atom is 0.269 e. The summed E-state index contributed by atoms with van der Waals surface area (Å²) in [5.74, 6) is 0.757. The van der Waals surface area contributed by atoms with E-state index in [4.69, 9.17) is 62.7 Å². The van der Waals surface area contributed by atoms with Gasteiger partial charge in [0.1, 0.15) is 34.9 Å². The van der Waals surface area contributed by atoms with Gasteiger partial charge in [0.05, 0.1) is 56.2 Å². The number of non-ortho nitro benzene ring substituents is 1. The summed E-state index contributed by atoms with van der Waals surface area (Å²) in [6.07, 6.45) is 0. The lowest BCUT2D eigenvalue weighted by atomic mass is 10.1. The number of H-pyrrole nitrogens is 4. The summed E-state index contributed by atoms with van der Waals surface area (Å²) in [5.41, 5.74) is 17.8. The van der Waals surface area contributed by atoms with Gasteiger partial charge in [0.25, 0.3) is 52.9 Å². The van der Waals surface area contributed by atoms with Gasteiger partial charge in [-0.25, -0.2) is 24.3 Å². The minimum absolute atomic E-state index is 0.0824. The van der Waals surface area contributed by atoms with E-state index in [2.05, 4.69) is 82.4 Å². The lowest BCUT2D eigenvalue weighted by molar-refractivity contribution is -0.384. The van der Waals surface area contributed by atoms with Crippen molar-refractivity contribution in [2.24, 2.45) is 0 Å². The van der Waals surface area contributed by atoms with Crippen LogP contribution in [0.4, 0.5) is 55.6 Å². The van der Waals surface area contributed by atoms with E-state index >= 15 is 0 Å². The molecule has 0 radical (unpaired) electrons. The Bertz CT molecular complexity index is 7910. The van der Waals surface area contributed by atoms with E-state index in [0.717, 1.165) is 55.4 Å². The Balaban J connectivity index is 0.000000131. The van der Waals surface area contributed by atoms with E-state index < -0.39 is 10.7 Å². The maximum absolute atomic E-state index is 13.1. The Morgan fingerprint density at radius 3 is 0.657 bits per heavy atom. The number of benzene rings is 16. The predicted octanol–water partition coefficient (Wildman–Crippen LogP) is 26.3. The molecule has 4 aromatic heterocycles. The van der Waals surface area contributed by atoms with Crippen LogP contribution in [0.5, 0.6) is 5.75 Å². The third kappa shape index (κ3) is 24.8. The van der Waals surface area contributed by atoms with E-state index in [1.54, 1.807) is 274 Å². The molecule has 0 aliphatic rings. The minimum Gasteiger partial charge on any atom is -0.497 e. The summed E-state index contributed by atoms with van der Waals surface area (Å²) in [4.78, 5) is 142. The van der Waals surface area contributed by atoms with Crippen LogP contribution in [-0.2, 0) is 0 Å². The van der Waals surface area contributed by atoms with Crippen molar-refractivity contribution in [3.8, 4) is 51.3 Å². The molecule has 0 spiro atoms. The first-order valence-corrected chi connectivity index (χ1v) is 45.5. The van der Waals surface area contributed by atoms with Crippen LogP contribution in [0.2, 0.25) is 25.1 Å². The standard InChI is InChI=1S/C28H21ClN4O3.C27H18Cl2N4O2.C27H18ClFN4O2.C27H18ClN5O4/c1-36-23-13-4-18(5-14-23)27(34)30-21-9-2-17(3-10-21)26-32-24-15-6-19(16-25(24)33-26)28(35)31-22-11-7-20(29)8-12-22;28-19-6-1-17(2-7-19)26(34)30-21-10-3-16(4-11-21)25-32-23-14-5-18(15-24(23)33-25)27(35)31-22-12-8-20(29)9-13-22;28-19-6-12-22(13-7-19)31-27(35)18-5-14-23-24(15-18)33-25(32-23)16-3-10-21(11-4-16)30-26(34)17-1-8-20(29)9-2-17;28-19-6-10-21(11-7-19)30-27(35)18-5-14-23-24(15-18)32-25(31-23)16-1-8-20(9-2-16)29-26(34)17-3-12-22(13-4-17)33(36)37/h2-16H,1H3,(H,30,34)(H,31,35)(H,32,33);2*1-15H,(H,30,34)(H,31,35)(H,32,33);1-15H,(H,29,34)(H,30,35)(H,31,32). The van der Waals surface area contributed by atoms with Gasteiger partial charge < -0.3 is 67.2 Å². The molecule has 0 saturated heterocycles. The lowest BCUT2D eigenvalue weighted by Gasteiger charge is -2.07. The number of halogens is 6. The molecule has 0 saturated carbocycles. The lowest BCUT2D eigenvalue weighted by Crippen LogP contribution is -2.11. The highest BCUT2D eigenvalue weighted by Crippen LogP contribution is 2.32. The smallest absolute Gasteiger partial charge is 0.269 e. The van der Waals surface area contributed by atoms with Crippen molar-refractivity contribution in [2.75, 3.05) is 49.6 Å². The van der Waals surface area contributed by atoms with Gasteiger partial charge in [-0.3, -0.25) is 48.5 Å². The second-order valence-electron chi connectivity index (χ2n) is 31.8. The Morgan fingerprint density at radius 2 is 0.441 bits per heavy atom. The van der Waals surface area contributed by atoms with Gasteiger partial charge in [-0.1, -0.05) is 58.0 Å². The van der Waals surface area contributed by atoms with E-state index in [0.29, 0.717) is 155 Å². The summed E-state index contributed by atoms with van der Waals surface area (Å²) in [6, 6.07) is 102. The normalized spacial score (nSPS) is 10.8. The fourth-order valence-electron chi connectivity index (χ4n) is 14.4. The predicted molar refractivity (Wildman–Crippen MR) is 559 cm³/mol. The van der Waals surface area contributed by atoms with Gasteiger partial charge in [0.2, 0.25) is 0 Å². The molecule has 143 heavy (non-hydrogen) atoms. The third-order valence-corrected chi connectivity index (χ3v) is 23.2. The molecule has 20 aromatic rings. The van der Waals surface area contributed by atoms with Crippen LogP contribution in [0.15, 0.2) is 364 Å². The Hall–Kier alpha value is -18.3. The molecule has 0 aliphatic heterocycles. The molecule has 4 heterocycles. The first-order valence-electron chi connectivity index (χ1n) is 43.6. The van der Waals surface area contributed by atoms with Crippen LogP contribution >= 0.6 is 58.0 Å². The SMILES string of the molecule is COc1ccc(C(=O)Nc2ccc(-c3nc4ccc(C(=O)Nc5ccc(Cl)cc5)cc4[nH]3)cc2)cc1.O=C(Nc1ccc(-c2nc3ccc(C(=O)Nc4ccc(Cl)cc4)cc3[nH]2)cc1)c1ccc(Cl)cc1.O=C(Nc1ccc(-c2nc3ccc(C(=O)Nc4ccc(Cl)cc4)cc3[nH]2)cc1)c1ccc(F)cc1.O=C(Nc1ccc(-c2nc3ccc(C(=O)Nc4ccc(Cl)cc4)cc3[nH]2)cc1)c1ccc([N+](=O)[O-])cc1. The molecular weight excluding hydrogens is 1920 g/mol. The third-order valence-electron chi connectivity index (χ3n) is 22.0. The number of rotatable bonds is 22. The average molecular weight is 2000 g/mol. The molecule has 16 aromatic carbocycles. The van der Waals surface area contributed by atoms with Crippen LogP contribution in [0.3, 0.4) is 0 Å². The number of nitrogens with one attached hydrogen (secondary N) is 12. The van der Waals surface area contributed by atoms with Crippen molar-refractivity contribution in [1.29, 1.82) is 0 Å². The van der Waals surface area contributed by atoms with Crippen LogP contribution in [-0.4, -0.2) is 99.2 Å². The first kappa shape index (κ1) is 96.4. The number of aromatic nitrogens is 8. The largest absolute Gasteiger partial charge is 0.497 e. The van der Waals surface area contributed by atoms with E-state index in [9.17, 15) is 52.9 Å². The van der Waals surface area contributed by atoms with Crippen molar-refractivity contribution in [3.05, 3.63) is 450 Å². The van der Waals surface area contributed by atoms with Crippen LogP contribution in [0, 0.1) is 15.9 Å². The number of hydrogen-bond acceptors (Lipinski definition) is 15. The van der Waals surface area contributed by atoms with Crippen molar-refractivity contribution in [1.82, 2.24) is 39.9 Å². The summed E-state index contributed by atoms with van der Waals surface area (Å²) in [5, 5.41) is 36.4. The number of nitro groups is 1. The van der Waals surface area contributed by atoms with E-state index in [1.807, 2.05) is 48.5 Å².